The Balaban J connectivity index is 1.60. The number of aryl methyl sites for hydroxylation is 1. The van der Waals surface area contributed by atoms with Crippen LogP contribution in [0.4, 0.5) is 5.69 Å². The molecule has 2 aromatic heterocycles. The maximum absolute atomic E-state index is 5.23. The summed E-state index contributed by atoms with van der Waals surface area (Å²) in [7, 11) is 0. The standard InChI is InChI=1S/C15H15N5O/c1-11-4-2-3-5-12(11)17-9-7-14-19-15(20-21-14)13-6-8-16-10-18-13/h2-6,8,10,17H,7,9H2,1H3. The molecule has 3 aromatic rings. The molecule has 0 saturated heterocycles. The first kappa shape index (κ1) is 13.2. The highest BCUT2D eigenvalue weighted by Gasteiger charge is 2.09. The number of anilines is 1. The summed E-state index contributed by atoms with van der Waals surface area (Å²) in [5.41, 5.74) is 2.99. The molecule has 0 saturated carbocycles. The molecular formula is C15H15N5O. The van der Waals surface area contributed by atoms with Gasteiger partial charge in [-0.2, -0.15) is 4.98 Å². The van der Waals surface area contributed by atoms with E-state index in [1.807, 2.05) is 12.1 Å². The lowest BCUT2D eigenvalue weighted by Crippen LogP contribution is -2.06. The van der Waals surface area contributed by atoms with Crippen LogP contribution in [-0.4, -0.2) is 26.7 Å². The third-order valence-corrected chi connectivity index (χ3v) is 3.08. The van der Waals surface area contributed by atoms with Gasteiger partial charge in [-0.15, -0.1) is 0 Å². The van der Waals surface area contributed by atoms with E-state index in [-0.39, 0.29) is 0 Å². The van der Waals surface area contributed by atoms with Crippen LogP contribution in [0.5, 0.6) is 0 Å². The van der Waals surface area contributed by atoms with Gasteiger partial charge in [-0.3, -0.25) is 0 Å². The number of hydrogen-bond acceptors (Lipinski definition) is 6. The Morgan fingerprint density at radius 3 is 2.90 bits per heavy atom. The van der Waals surface area contributed by atoms with Crippen molar-refractivity contribution in [3.63, 3.8) is 0 Å². The molecule has 0 aliphatic rings. The molecule has 21 heavy (non-hydrogen) atoms. The highest BCUT2D eigenvalue weighted by Crippen LogP contribution is 2.14. The van der Waals surface area contributed by atoms with Gasteiger partial charge in [-0.05, 0) is 24.6 Å². The van der Waals surface area contributed by atoms with Crippen LogP contribution in [0.15, 0.2) is 47.4 Å². The molecule has 1 aromatic carbocycles. The highest BCUT2D eigenvalue weighted by molar-refractivity contribution is 5.50. The summed E-state index contributed by atoms with van der Waals surface area (Å²) in [5, 5.41) is 7.28. The number of para-hydroxylation sites is 1. The van der Waals surface area contributed by atoms with Crippen LogP contribution in [-0.2, 0) is 6.42 Å². The predicted molar refractivity (Wildman–Crippen MR) is 78.7 cm³/mol. The summed E-state index contributed by atoms with van der Waals surface area (Å²) in [4.78, 5) is 12.3. The molecular weight excluding hydrogens is 266 g/mol. The normalized spacial score (nSPS) is 10.5. The van der Waals surface area contributed by atoms with E-state index in [9.17, 15) is 0 Å². The molecule has 3 rings (SSSR count). The van der Waals surface area contributed by atoms with Crippen molar-refractivity contribution in [2.75, 3.05) is 11.9 Å². The molecule has 0 radical (unpaired) electrons. The Hall–Kier alpha value is -2.76. The van der Waals surface area contributed by atoms with Crippen LogP contribution < -0.4 is 5.32 Å². The number of benzene rings is 1. The first-order chi connectivity index (χ1) is 10.3. The maximum Gasteiger partial charge on any atom is 0.228 e. The number of aromatic nitrogens is 4. The summed E-state index contributed by atoms with van der Waals surface area (Å²) < 4.78 is 5.23. The van der Waals surface area contributed by atoms with Gasteiger partial charge in [-0.1, -0.05) is 23.4 Å². The molecule has 0 amide bonds. The fraction of sp³-hybridized carbons (Fsp3) is 0.200. The van der Waals surface area contributed by atoms with Crippen molar-refractivity contribution in [3.8, 4) is 11.5 Å². The molecule has 0 spiro atoms. The largest absolute Gasteiger partial charge is 0.384 e. The summed E-state index contributed by atoms with van der Waals surface area (Å²) in [6.07, 6.45) is 3.77. The van der Waals surface area contributed by atoms with Gasteiger partial charge < -0.3 is 9.84 Å². The SMILES string of the molecule is Cc1ccccc1NCCc1nc(-c2ccncn2)no1. The molecule has 0 unspecified atom stereocenters. The Morgan fingerprint density at radius 1 is 1.19 bits per heavy atom. The van der Waals surface area contributed by atoms with Gasteiger partial charge in [0.05, 0.1) is 0 Å². The molecule has 0 fully saturated rings. The smallest absolute Gasteiger partial charge is 0.228 e. The third kappa shape index (κ3) is 3.22. The molecule has 6 nitrogen and oxygen atoms in total. The van der Waals surface area contributed by atoms with Crippen molar-refractivity contribution in [2.24, 2.45) is 0 Å². The Labute approximate surface area is 122 Å². The average Bonchev–Trinajstić information content (AvgIpc) is 2.99. The summed E-state index contributed by atoms with van der Waals surface area (Å²) >= 11 is 0. The lowest BCUT2D eigenvalue weighted by atomic mass is 10.2. The monoisotopic (exact) mass is 281 g/mol. The van der Waals surface area contributed by atoms with E-state index in [4.69, 9.17) is 4.52 Å². The second-order valence-electron chi connectivity index (χ2n) is 4.60. The minimum atomic E-state index is 0.489. The molecule has 0 aliphatic carbocycles. The number of nitrogens with zero attached hydrogens (tertiary/aromatic N) is 4. The minimum Gasteiger partial charge on any atom is -0.384 e. The molecule has 106 valence electrons. The Kier molecular flexibility index (Phi) is 3.86. The van der Waals surface area contributed by atoms with Gasteiger partial charge >= 0.3 is 0 Å². The first-order valence-electron chi connectivity index (χ1n) is 6.71. The van der Waals surface area contributed by atoms with Crippen LogP contribution in [0.1, 0.15) is 11.5 Å². The van der Waals surface area contributed by atoms with Gasteiger partial charge in [0.1, 0.15) is 12.0 Å². The van der Waals surface area contributed by atoms with Crippen LogP contribution in [0.3, 0.4) is 0 Å². The average molecular weight is 281 g/mol. The fourth-order valence-electron chi connectivity index (χ4n) is 1.96. The third-order valence-electron chi connectivity index (χ3n) is 3.08. The quantitative estimate of drug-likeness (QED) is 0.774. The van der Waals surface area contributed by atoms with Crippen molar-refractivity contribution < 1.29 is 4.52 Å². The first-order valence-corrected chi connectivity index (χ1v) is 6.71. The van der Waals surface area contributed by atoms with Crippen molar-refractivity contribution >= 4 is 5.69 Å². The van der Waals surface area contributed by atoms with Crippen molar-refractivity contribution in [1.82, 2.24) is 20.1 Å². The molecule has 0 atom stereocenters. The molecule has 2 heterocycles. The number of hydrogen-bond donors (Lipinski definition) is 1. The van der Waals surface area contributed by atoms with E-state index in [1.54, 1.807) is 12.3 Å². The number of nitrogens with one attached hydrogen (secondary N) is 1. The summed E-state index contributed by atoms with van der Waals surface area (Å²) in [6, 6.07) is 9.90. The van der Waals surface area contributed by atoms with Gasteiger partial charge in [0.15, 0.2) is 0 Å². The van der Waals surface area contributed by atoms with E-state index in [0.29, 0.717) is 23.8 Å². The lowest BCUT2D eigenvalue weighted by Gasteiger charge is -2.07. The van der Waals surface area contributed by atoms with E-state index < -0.39 is 0 Å². The molecule has 6 heteroatoms. The van der Waals surface area contributed by atoms with Crippen LogP contribution in [0.2, 0.25) is 0 Å². The Morgan fingerprint density at radius 2 is 2.10 bits per heavy atom. The van der Waals surface area contributed by atoms with Crippen molar-refractivity contribution in [1.29, 1.82) is 0 Å². The Bertz CT molecular complexity index is 711. The van der Waals surface area contributed by atoms with Crippen LogP contribution >= 0.6 is 0 Å². The minimum absolute atomic E-state index is 0.489. The molecule has 1 N–H and O–H groups in total. The summed E-state index contributed by atoms with van der Waals surface area (Å²) in [5.74, 6) is 1.08. The van der Waals surface area contributed by atoms with E-state index in [0.717, 1.165) is 12.2 Å². The van der Waals surface area contributed by atoms with Crippen molar-refractivity contribution in [3.05, 3.63) is 54.3 Å². The fourth-order valence-corrected chi connectivity index (χ4v) is 1.96. The van der Waals surface area contributed by atoms with Gasteiger partial charge in [0.25, 0.3) is 0 Å². The van der Waals surface area contributed by atoms with E-state index in [1.165, 1.54) is 11.9 Å². The van der Waals surface area contributed by atoms with Gasteiger partial charge in [0.2, 0.25) is 11.7 Å². The second kappa shape index (κ2) is 6.13. The highest BCUT2D eigenvalue weighted by atomic mass is 16.5. The zero-order valence-corrected chi connectivity index (χ0v) is 11.7. The van der Waals surface area contributed by atoms with E-state index in [2.05, 4.69) is 44.5 Å². The van der Waals surface area contributed by atoms with Gasteiger partial charge in [-0.25, -0.2) is 9.97 Å². The topological polar surface area (TPSA) is 76.7 Å². The second-order valence-corrected chi connectivity index (χ2v) is 4.60. The van der Waals surface area contributed by atoms with Crippen LogP contribution in [0, 0.1) is 6.92 Å². The maximum atomic E-state index is 5.23. The van der Waals surface area contributed by atoms with Crippen LogP contribution in [0.25, 0.3) is 11.5 Å². The number of rotatable bonds is 5. The predicted octanol–water partition coefficient (Wildman–Crippen LogP) is 2.49. The van der Waals surface area contributed by atoms with Crippen molar-refractivity contribution in [2.45, 2.75) is 13.3 Å². The molecule has 0 bridgehead atoms. The zero-order chi connectivity index (χ0) is 14.5. The molecule has 0 aliphatic heterocycles. The van der Waals surface area contributed by atoms with Gasteiger partial charge in [0, 0.05) is 24.8 Å². The summed E-state index contributed by atoms with van der Waals surface area (Å²) in [6.45, 7) is 2.80. The van der Waals surface area contributed by atoms with E-state index >= 15 is 0 Å². The lowest BCUT2D eigenvalue weighted by molar-refractivity contribution is 0.381. The zero-order valence-electron chi connectivity index (χ0n) is 11.7.